The number of rotatable bonds is 9. The molecule has 10 aromatic rings. The average molecular weight is 943 g/mol. The molecule has 6 heteroatoms. The summed E-state index contributed by atoms with van der Waals surface area (Å²) in [4.78, 5) is 31.4. The van der Waals surface area contributed by atoms with Gasteiger partial charge in [-0.05, 0) is 136 Å². The molecule has 6 nitrogen and oxygen atoms in total. The van der Waals surface area contributed by atoms with E-state index in [-0.39, 0.29) is 11.3 Å². The molecule has 8 aromatic carbocycles. The maximum Gasteiger partial charge on any atom is 0.164 e. The van der Waals surface area contributed by atoms with Crippen molar-refractivity contribution in [2.75, 3.05) is 0 Å². The normalized spacial score (nSPS) is 20.1. The summed E-state index contributed by atoms with van der Waals surface area (Å²) in [5, 5.41) is 0. The van der Waals surface area contributed by atoms with E-state index < -0.39 is 0 Å². The van der Waals surface area contributed by atoms with Crippen molar-refractivity contribution in [3.05, 3.63) is 217 Å². The second kappa shape index (κ2) is 17.5. The molecule has 4 bridgehead atoms. The van der Waals surface area contributed by atoms with Crippen LogP contribution >= 0.6 is 0 Å². The fourth-order valence-corrected chi connectivity index (χ4v) is 13.6. The summed E-state index contributed by atoms with van der Waals surface area (Å²) >= 11 is 0. The van der Waals surface area contributed by atoms with Crippen LogP contribution in [0.25, 0.3) is 102 Å². The van der Waals surface area contributed by atoms with E-state index in [0.717, 1.165) is 61.9 Å². The van der Waals surface area contributed by atoms with E-state index in [0.29, 0.717) is 46.8 Å². The van der Waals surface area contributed by atoms with Crippen molar-refractivity contribution >= 4 is 0 Å². The first-order valence-corrected chi connectivity index (χ1v) is 26.2. The lowest BCUT2D eigenvalue weighted by Crippen LogP contribution is -2.55. The summed E-state index contributed by atoms with van der Waals surface area (Å²) in [6, 6.07) is 71.5. The van der Waals surface area contributed by atoms with Crippen LogP contribution in [0.3, 0.4) is 0 Å². The van der Waals surface area contributed by atoms with Gasteiger partial charge in [0.15, 0.2) is 34.9 Å². The average Bonchev–Trinajstić information content (AvgIpc) is 3.74. The Morgan fingerprint density at radius 2 is 0.740 bits per heavy atom. The number of fused-ring (bicyclic) bond motifs is 3. The van der Waals surface area contributed by atoms with Crippen molar-refractivity contribution in [3.8, 4) is 102 Å². The van der Waals surface area contributed by atoms with Crippen molar-refractivity contribution < 1.29 is 0 Å². The van der Waals surface area contributed by atoms with E-state index in [1.807, 2.05) is 72.8 Å². The molecule has 5 aliphatic carbocycles. The third kappa shape index (κ3) is 7.45. The van der Waals surface area contributed by atoms with Crippen LogP contribution in [-0.2, 0) is 5.41 Å². The van der Waals surface area contributed by atoms with E-state index in [1.54, 1.807) is 5.56 Å². The minimum absolute atomic E-state index is 0.0348. The van der Waals surface area contributed by atoms with Crippen LogP contribution in [0.4, 0.5) is 0 Å². The summed E-state index contributed by atoms with van der Waals surface area (Å²) in [6.07, 6.45) is 6.77. The van der Waals surface area contributed by atoms with Crippen LogP contribution < -0.4 is 0 Å². The highest BCUT2D eigenvalue weighted by Crippen LogP contribution is 2.69. The molecule has 0 aliphatic heterocycles. The molecule has 0 amide bonds. The van der Waals surface area contributed by atoms with Crippen molar-refractivity contribution in [3.63, 3.8) is 0 Å². The van der Waals surface area contributed by atoms with E-state index in [1.165, 1.54) is 59.9 Å². The summed E-state index contributed by atoms with van der Waals surface area (Å²) in [7, 11) is 0. The topological polar surface area (TPSA) is 77.3 Å². The van der Waals surface area contributed by atoms with E-state index >= 15 is 0 Å². The SMILES string of the molecule is CC(C)c1cc(-c2ccc(-c3ccc4c(c3)C3(c5ccccc5-4)C4CC5CC(C4)CC3C5)c(-c3nc(-c4ccccc4)nc(-c4ccccc4)n3)c2)cc(-c2nc(-c3ccccc3)nc(-c3ccccc3)n2)c1. The third-order valence-corrected chi connectivity index (χ3v) is 16.7. The molecule has 352 valence electrons. The van der Waals surface area contributed by atoms with Gasteiger partial charge in [0.1, 0.15) is 0 Å². The highest BCUT2D eigenvalue weighted by Gasteiger charge is 2.61. The third-order valence-electron chi connectivity index (χ3n) is 16.7. The number of aromatic nitrogens is 6. The zero-order chi connectivity index (χ0) is 48.6. The molecule has 4 fully saturated rings. The molecule has 0 saturated heterocycles. The van der Waals surface area contributed by atoms with Gasteiger partial charge in [0.2, 0.25) is 0 Å². The lowest BCUT2D eigenvalue weighted by molar-refractivity contribution is -0.0399. The van der Waals surface area contributed by atoms with Gasteiger partial charge in [0, 0.05) is 38.8 Å². The van der Waals surface area contributed by atoms with Gasteiger partial charge in [0.05, 0.1) is 0 Å². The van der Waals surface area contributed by atoms with Crippen LogP contribution in [0.1, 0.15) is 68.6 Å². The molecule has 0 N–H and O–H groups in total. The molecule has 0 atom stereocenters. The number of nitrogens with zero attached hydrogens (tertiary/aromatic N) is 6. The first kappa shape index (κ1) is 43.6. The van der Waals surface area contributed by atoms with Gasteiger partial charge in [-0.3, -0.25) is 0 Å². The summed E-state index contributed by atoms with van der Waals surface area (Å²) < 4.78 is 0. The zero-order valence-corrected chi connectivity index (χ0v) is 41.2. The molecule has 4 saturated carbocycles. The molecular formula is C67H54N6. The quantitative estimate of drug-likeness (QED) is 0.143. The molecule has 2 aromatic heterocycles. The van der Waals surface area contributed by atoms with Crippen LogP contribution in [0.5, 0.6) is 0 Å². The predicted octanol–water partition coefficient (Wildman–Crippen LogP) is 16.2. The van der Waals surface area contributed by atoms with Crippen molar-refractivity contribution in [1.29, 1.82) is 0 Å². The highest BCUT2D eigenvalue weighted by molar-refractivity contribution is 5.90. The fourth-order valence-electron chi connectivity index (χ4n) is 13.6. The summed E-state index contributed by atoms with van der Waals surface area (Å²) in [5.74, 6) is 7.10. The molecule has 1 spiro atoms. The van der Waals surface area contributed by atoms with Crippen LogP contribution in [-0.4, -0.2) is 29.9 Å². The van der Waals surface area contributed by atoms with E-state index in [2.05, 4.69) is 141 Å². The molecule has 15 rings (SSSR count). The molecule has 0 radical (unpaired) electrons. The minimum Gasteiger partial charge on any atom is -0.208 e. The largest absolute Gasteiger partial charge is 0.208 e. The maximum atomic E-state index is 5.41. The highest BCUT2D eigenvalue weighted by atomic mass is 15.0. The standard InChI is InChI=1S/C67H54N6/c1-41(2)50-36-51(38-52(37-50)65-70-61(44-17-7-3-8-18-44)68-62(71-65)45-19-9-4-10-20-45)48-27-29-55(58(39-48)66-72-63(46-21-11-5-12-22-46)69-64(73-66)47-23-13-6-14-24-47)49-28-30-57-56-25-15-16-26-59(56)67(60(57)40-49)53-32-42-31-43(34-53)35-54(67)33-42/h3-30,36-43,53-54H,31-35H2,1-2H3. The Labute approximate surface area is 427 Å². The van der Waals surface area contributed by atoms with Gasteiger partial charge in [-0.2, -0.15) is 0 Å². The second-order valence-electron chi connectivity index (χ2n) is 21.3. The van der Waals surface area contributed by atoms with Gasteiger partial charge < -0.3 is 0 Å². The number of hydrogen-bond donors (Lipinski definition) is 0. The fraction of sp³-hybridized carbons (Fsp3) is 0.194. The van der Waals surface area contributed by atoms with Gasteiger partial charge in [-0.1, -0.05) is 190 Å². The molecule has 5 aliphatic rings. The molecule has 0 unspecified atom stereocenters. The Morgan fingerprint density at radius 3 is 1.26 bits per heavy atom. The van der Waals surface area contributed by atoms with Crippen LogP contribution in [0.2, 0.25) is 0 Å². The van der Waals surface area contributed by atoms with Gasteiger partial charge in [-0.25, -0.2) is 29.9 Å². The minimum atomic E-state index is 0.0348. The van der Waals surface area contributed by atoms with Crippen molar-refractivity contribution in [1.82, 2.24) is 29.9 Å². The smallest absolute Gasteiger partial charge is 0.164 e. The molecule has 73 heavy (non-hydrogen) atoms. The lowest BCUT2D eigenvalue weighted by Gasteiger charge is -2.61. The van der Waals surface area contributed by atoms with Gasteiger partial charge in [0.25, 0.3) is 0 Å². The lowest BCUT2D eigenvalue weighted by atomic mass is 9.43. The first-order chi connectivity index (χ1) is 35.9. The Balaban J connectivity index is 0.980. The zero-order valence-electron chi connectivity index (χ0n) is 41.2. The Morgan fingerprint density at radius 1 is 0.315 bits per heavy atom. The van der Waals surface area contributed by atoms with E-state index in [9.17, 15) is 0 Å². The number of hydrogen-bond acceptors (Lipinski definition) is 6. The maximum absolute atomic E-state index is 5.41. The summed E-state index contributed by atoms with van der Waals surface area (Å²) in [5.41, 5.74) is 17.2. The predicted molar refractivity (Wildman–Crippen MR) is 294 cm³/mol. The van der Waals surface area contributed by atoms with Crippen LogP contribution in [0, 0.1) is 23.7 Å². The number of benzene rings is 8. The monoisotopic (exact) mass is 942 g/mol. The van der Waals surface area contributed by atoms with Crippen molar-refractivity contribution in [2.45, 2.75) is 57.3 Å². The molecule has 2 heterocycles. The summed E-state index contributed by atoms with van der Waals surface area (Å²) in [6.45, 7) is 4.50. The second-order valence-corrected chi connectivity index (χ2v) is 21.3. The van der Waals surface area contributed by atoms with E-state index in [4.69, 9.17) is 29.9 Å². The Bertz CT molecular complexity index is 3580. The Hall–Kier alpha value is -8.22. The van der Waals surface area contributed by atoms with Crippen molar-refractivity contribution in [2.24, 2.45) is 23.7 Å². The first-order valence-electron chi connectivity index (χ1n) is 26.2. The Kier molecular flexibility index (Phi) is 10.5. The molecular weight excluding hydrogens is 889 g/mol. The van der Waals surface area contributed by atoms with Crippen LogP contribution in [0.15, 0.2) is 200 Å². The van der Waals surface area contributed by atoms with Gasteiger partial charge in [-0.15, -0.1) is 0 Å². The van der Waals surface area contributed by atoms with Gasteiger partial charge >= 0.3 is 0 Å².